The minimum atomic E-state index is 0. The van der Waals surface area contributed by atoms with Crippen LogP contribution in [0.5, 0.6) is 0 Å². The summed E-state index contributed by atoms with van der Waals surface area (Å²) in [4.78, 5) is 10.1. The predicted octanol–water partition coefficient (Wildman–Crippen LogP) is -2.63. The van der Waals surface area contributed by atoms with Gasteiger partial charge in [-0.15, -0.1) is 4.91 Å². The third kappa shape index (κ3) is 935. The summed E-state index contributed by atoms with van der Waals surface area (Å²) in [6, 6.07) is 0. The summed E-state index contributed by atoms with van der Waals surface area (Å²) in [5.74, 6) is 0. The molecule has 0 amide bonds. The number of hydrogen-bond donors (Lipinski definition) is 3. The minimum absolute atomic E-state index is 0. The molecule has 0 fully saturated rings. The van der Waals surface area contributed by atoms with Crippen LogP contribution in [0.2, 0.25) is 0 Å². The van der Waals surface area contributed by atoms with E-state index in [-0.39, 0.29) is 31.0 Å². The van der Waals surface area contributed by atoms with Gasteiger partial charge >= 0.3 is 29.6 Å². The second kappa shape index (κ2) is 43.3. The zero-order valence-corrected chi connectivity index (χ0v) is 5.75. The van der Waals surface area contributed by atoms with Crippen molar-refractivity contribution in [3.05, 3.63) is 4.91 Å². The Hall–Kier alpha value is -0.290. The summed E-state index contributed by atoms with van der Waals surface area (Å²) in [6.07, 6.45) is 0. The van der Waals surface area contributed by atoms with E-state index in [9.17, 15) is 0 Å². The molecule has 0 aliphatic heterocycles. The topological polar surface area (TPSA) is 111 Å². The molecule has 0 heterocycles. The molecule has 0 unspecified atom stereocenters. The monoisotopic (exact) mass is 115 g/mol. The molecule has 0 aromatic rings. The van der Waals surface area contributed by atoms with E-state index in [0.29, 0.717) is 0 Å². The molecular formula is H4N4NaO2+. The van der Waals surface area contributed by atoms with Crippen molar-refractivity contribution in [1.29, 1.82) is 11.1 Å². The summed E-state index contributed by atoms with van der Waals surface area (Å²) in [5.41, 5.74) is 11.0. The molecule has 7 heavy (non-hydrogen) atoms. The summed E-state index contributed by atoms with van der Waals surface area (Å²) >= 11 is 0. The first-order chi connectivity index (χ1) is 2.83. The van der Waals surface area contributed by atoms with E-state index in [1.54, 1.807) is 0 Å². The van der Waals surface area contributed by atoms with E-state index in [2.05, 4.69) is 0 Å². The maximum atomic E-state index is 8.11. The van der Waals surface area contributed by atoms with Gasteiger partial charge in [0.25, 0.3) is 0 Å². The van der Waals surface area contributed by atoms with Gasteiger partial charge in [-0.25, -0.2) is 0 Å². The Morgan fingerprint density at radius 1 is 1.71 bits per heavy atom. The molecule has 0 aromatic carbocycles. The first-order valence-corrected chi connectivity index (χ1v) is 0.830. The van der Waals surface area contributed by atoms with E-state index < -0.39 is 0 Å². The van der Waals surface area contributed by atoms with Crippen LogP contribution in [0.3, 0.4) is 0 Å². The second-order valence-corrected chi connectivity index (χ2v) is 0.193. The predicted molar refractivity (Wildman–Crippen MR) is 16.3 cm³/mol. The van der Waals surface area contributed by atoms with Gasteiger partial charge in [-0.3, -0.25) is 0 Å². The van der Waals surface area contributed by atoms with Gasteiger partial charge in [-0.1, -0.05) is 0 Å². The van der Waals surface area contributed by atoms with Crippen LogP contribution >= 0.6 is 0 Å². The molecule has 3 N–H and O–H groups in total. The largest absolute Gasteiger partial charge is 1.00 e. The van der Waals surface area contributed by atoms with E-state index in [1.807, 2.05) is 4.91 Å². The normalized spacial score (nSPS) is 2.86. The van der Waals surface area contributed by atoms with Crippen LogP contribution in [0.25, 0.3) is 0 Å². The molecule has 0 rings (SSSR count). The Morgan fingerprint density at radius 2 is 1.71 bits per heavy atom. The number of nitrogens with one attached hydrogen (secondary N) is 2. The van der Waals surface area contributed by atoms with Crippen LogP contribution in [-0.4, -0.2) is 5.21 Å². The summed E-state index contributed by atoms with van der Waals surface area (Å²) in [7, 11) is 0. The van der Waals surface area contributed by atoms with Crippen LogP contribution < -0.4 is 34.5 Å². The first kappa shape index (κ1) is 15.9. The van der Waals surface area contributed by atoms with Gasteiger partial charge in [0.2, 0.25) is 4.91 Å². The van der Waals surface area contributed by atoms with Crippen LogP contribution in [0.15, 0.2) is 5.34 Å². The molecule has 0 atom stereocenters. The molecule has 6 nitrogen and oxygen atoms in total. The zero-order chi connectivity index (χ0) is 5.41. The zero-order valence-electron chi connectivity index (χ0n) is 4.75. The van der Waals surface area contributed by atoms with Gasteiger partial charge in [0, 0.05) is 0 Å². The van der Waals surface area contributed by atoms with Crippen molar-refractivity contribution >= 4 is 0 Å². The average molecular weight is 115 g/mol. The summed E-state index contributed by atoms with van der Waals surface area (Å²) < 4.78 is 0. The Bertz CT molecular complexity index is 59.1. The molecule has 0 saturated heterocycles. The number of nitrogens with zero attached hydrogens (tertiary/aromatic N) is 2. The first-order valence-electron chi connectivity index (χ1n) is 0.830. The minimum Gasteiger partial charge on any atom is -1.00 e. The Labute approximate surface area is 62.6 Å². The third-order valence-electron chi connectivity index (χ3n) is 0. The standard InChI is InChI=1S/H2N3.HNO2.Na.H/c1-3-2;2-1-3;;/h1-2H;(H,2,3);;/q+1;;+1;-1. The molecule has 36 valence electrons. The van der Waals surface area contributed by atoms with Gasteiger partial charge in [0.1, 0.15) is 11.1 Å². The van der Waals surface area contributed by atoms with Crippen molar-refractivity contribution in [3.8, 4) is 0 Å². The van der Waals surface area contributed by atoms with Crippen molar-refractivity contribution in [2.45, 2.75) is 0 Å². The fourth-order valence-electron chi connectivity index (χ4n) is 0. The fraction of sp³-hybridized carbons (Fsp3) is 0. The average Bonchev–Trinajstić information content (AvgIpc) is 1.39. The molecule has 0 bridgehead atoms. The second-order valence-electron chi connectivity index (χ2n) is 0.193. The van der Waals surface area contributed by atoms with Gasteiger partial charge in [-0.05, 0) is 0 Å². The maximum absolute atomic E-state index is 8.11. The van der Waals surface area contributed by atoms with E-state index in [4.69, 9.17) is 21.2 Å². The Balaban J connectivity index is -0.0000000160. The number of hydrogen-bond acceptors (Lipinski definition) is 4. The van der Waals surface area contributed by atoms with Gasteiger partial charge < -0.3 is 6.63 Å². The molecule has 0 aliphatic rings. The molecule has 7 heteroatoms. The SMILES string of the molecule is N=[N+]=N.O=NO.[H-].[Na+]. The third-order valence-corrected chi connectivity index (χ3v) is 0. The van der Waals surface area contributed by atoms with Gasteiger partial charge in [0.05, 0.1) is 0 Å². The fourth-order valence-corrected chi connectivity index (χ4v) is 0. The van der Waals surface area contributed by atoms with Gasteiger partial charge in [-0.2, -0.15) is 0 Å². The van der Waals surface area contributed by atoms with Crippen LogP contribution in [-0.2, 0) is 0 Å². The van der Waals surface area contributed by atoms with Crippen molar-refractivity contribution in [3.63, 3.8) is 0 Å². The van der Waals surface area contributed by atoms with E-state index >= 15 is 0 Å². The van der Waals surface area contributed by atoms with Crippen molar-refractivity contribution in [2.75, 3.05) is 0 Å². The summed E-state index contributed by atoms with van der Waals surface area (Å²) in [6.45, 7) is 0. The number of rotatable bonds is 0. The Morgan fingerprint density at radius 3 is 1.71 bits per heavy atom. The molecule has 0 aromatic heterocycles. The molecule has 0 radical (unpaired) electrons. The van der Waals surface area contributed by atoms with Crippen LogP contribution in [0.4, 0.5) is 0 Å². The van der Waals surface area contributed by atoms with Crippen molar-refractivity contribution in [2.24, 2.45) is 5.34 Å². The Kier molecular flexibility index (Phi) is 98.4. The van der Waals surface area contributed by atoms with Gasteiger partial charge in [0.15, 0.2) is 5.34 Å². The molecular weight excluding hydrogens is 111 g/mol. The van der Waals surface area contributed by atoms with Crippen LogP contribution in [0, 0.1) is 16.0 Å². The quantitative estimate of drug-likeness (QED) is 0.105. The van der Waals surface area contributed by atoms with Crippen molar-refractivity contribution < 1.29 is 36.2 Å². The molecule has 0 aliphatic carbocycles. The van der Waals surface area contributed by atoms with E-state index in [1.165, 1.54) is 5.34 Å². The molecule has 0 saturated carbocycles. The van der Waals surface area contributed by atoms with E-state index in [0.717, 1.165) is 0 Å². The van der Waals surface area contributed by atoms with Crippen molar-refractivity contribution in [1.82, 2.24) is 4.91 Å². The summed E-state index contributed by atoms with van der Waals surface area (Å²) in [5, 5.41) is 7.89. The molecule has 0 spiro atoms. The van der Waals surface area contributed by atoms with Crippen LogP contribution in [0.1, 0.15) is 1.43 Å². The smallest absolute Gasteiger partial charge is 1.00 e. The maximum Gasteiger partial charge on any atom is 1.00 e.